The van der Waals surface area contributed by atoms with Crippen LogP contribution in [0.15, 0.2) is 70.3 Å². The maximum absolute atomic E-state index is 6.57. The summed E-state index contributed by atoms with van der Waals surface area (Å²) in [7, 11) is 1.66. The van der Waals surface area contributed by atoms with Gasteiger partial charge in [-0.2, -0.15) is 0 Å². The molecule has 1 atom stereocenters. The van der Waals surface area contributed by atoms with E-state index in [0.717, 1.165) is 22.2 Å². The Morgan fingerprint density at radius 1 is 1.00 bits per heavy atom. The molecule has 1 aliphatic heterocycles. The number of fused-ring (bicyclic) bond motifs is 1. The van der Waals surface area contributed by atoms with Crippen molar-refractivity contribution in [3.8, 4) is 5.75 Å². The lowest BCUT2D eigenvalue weighted by Crippen LogP contribution is -2.43. The normalized spacial score (nSPS) is 16.5. The van der Waals surface area contributed by atoms with Gasteiger partial charge in [0.1, 0.15) is 11.6 Å². The van der Waals surface area contributed by atoms with E-state index < -0.39 is 0 Å². The van der Waals surface area contributed by atoms with E-state index in [0.29, 0.717) is 11.4 Å². The van der Waals surface area contributed by atoms with Gasteiger partial charge in [-0.3, -0.25) is 0 Å². The Morgan fingerprint density at radius 3 is 2.29 bits per heavy atom. The first-order chi connectivity index (χ1) is 13.4. The summed E-state index contributed by atoms with van der Waals surface area (Å²) in [6, 6.07) is 18.2. The van der Waals surface area contributed by atoms with E-state index in [9.17, 15) is 0 Å². The van der Waals surface area contributed by atoms with Gasteiger partial charge in [0.2, 0.25) is 5.55 Å². The van der Waals surface area contributed by atoms with Crippen molar-refractivity contribution in [3.05, 3.63) is 82.8 Å². The Bertz CT molecular complexity index is 1090. The van der Waals surface area contributed by atoms with Crippen LogP contribution in [0.1, 0.15) is 38.1 Å². The highest BCUT2D eigenvalue weighted by Gasteiger charge is 2.27. The lowest BCUT2D eigenvalue weighted by molar-refractivity contribution is 0.414. The molecule has 0 radical (unpaired) electrons. The van der Waals surface area contributed by atoms with Crippen LogP contribution >= 0.6 is 0 Å². The Kier molecular flexibility index (Phi) is 4.38. The zero-order valence-corrected chi connectivity index (χ0v) is 16.6. The first kappa shape index (κ1) is 18.2. The van der Waals surface area contributed by atoms with Crippen LogP contribution in [0.4, 0.5) is 5.69 Å². The Balaban J connectivity index is 1.83. The van der Waals surface area contributed by atoms with E-state index in [2.05, 4.69) is 45.0 Å². The maximum atomic E-state index is 6.57. The number of hydrogen-bond acceptors (Lipinski definition) is 5. The van der Waals surface area contributed by atoms with Crippen molar-refractivity contribution in [2.24, 2.45) is 10.7 Å². The predicted molar refractivity (Wildman–Crippen MR) is 110 cm³/mol. The van der Waals surface area contributed by atoms with E-state index in [1.165, 1.54) is 5.56 Å². The summed E-state index contributed by atoms with van der Waals surface area (Å²) >= 11 is 0. The van der Waals surface area contributed by atoms with E-state index >= 15 is 0 Å². The zero-order chi connectivity index (χ0) is 19.9. The second-order valence-corrected chi connectivity index (χ2v) is 7.97. The van der Waals surface area contributed by atoms with Crippen molar-refractivity contribution in [3.63, 3.8) is 0 Å². The molecule has 0 spiro atoms. The van der Waals surface area contributed by atoms with E-state index in [1.807, 2.05) is 35.2 Å². The highest BCUT2D eigenvalue weighted by molar-refractivity contribution is 5.68. The van der Waals surface area contributed by atoms with E-state index in [1.54, 1.807) is 13.4 Å². The second kappa shape index (κ2) is 6.75. The maximum Gasteiger partial charge on any atom is 0.227 e. The van der Waals surface area contributed by atoms with Crippen molar-refractivity contribution in [2.45, 2.75) is 32.4 Å². The smallest absolute Gasteiger partial charge is 0.227 e. The molecule has 3 aromatic rings. The van der Waals surface area contributed by atoms with Gasteiger partial charge in [-0.15, -0.1) is 0 Å². The van der Waals surface area contributed by atoms with Gasteiger partial charge in [0.15, 0.2) is 6.17 Å². The lowest BCUT2D eigenvalue weighted by Gasteiger charge is -2.33. The van der Waals surface area contributed by atoms with Gasteiger partial charge in [0.25, 0.3) is 0 Å². The molecule has 2 heterocycles. The molecule has 2 N–H and O–H groups in total. The van der Waals surface area contributed by atoms with Gasteiger partial charge in [0, 0.05) is 5.69 Å². The van der Waals surface area contributed by atoms with E-state index in [-0.39, 0.29) is 11.6 Å². The van der Waals surface area contributed by atoms with Crippen molar-refractivity contribution >= 4 is 11.5 Å². The van der Waals surface area contributed by atoms with Crippen LogP contribution in [0, 0.1) is 0 Å². The predicted octanol–water partition coefficient (Wildman–Crippen LogP) is 3.45. The van der Waals surface area contributed by atoms with Gasteiger partial charge in [-0.05, 0) is 46.9 Å². The van der Waals surface area contributed by atoms with Gasteiger partial charge < -0.3 is 19.8 Å². The zero-order valence-electron chi connectivity index (χ0n) is 16.6. The number of ether oxygens (including phenoxy) is 1. The molecule has 0 fully saturated rings. The summed E-state index contributed by atoms with van der Waals surface area (Å²) in [5.41, 5.74) is 10.5. The lowest BCUT2D eigenvalue weighted by atomic mass is 9.87. The fourth-order valence-corrected chi connectivity index (χ4v) is 3.43. The minimum absolute atomic E-state index is 0.0905. The van der Waals surface area contributed by atoms with Crippen LogP contribution in [0.25, 0.3) is 5.82 Å². The van der Waals surface area contributed by atoms with Crippen LogP contribution in [0.3, 0.4) is 0 Å². The number of benzene rings is 2. The van der Waals surface area contributed by atoms with Crippen molar-refractivity contribution < 1.29 is 9.15 Å². The molecule has 5 nitrogen and oxygen atoms in total. The van der Waals surface area contributed by atoms with Gasteiger partial charge >= 0.3 is 0 Å². The average Bonchev–Trinajstić information content (AvgIpc) is 3.16. The topological polar surface area (TPSA) is 64.0 Å². The third kappa shape index (κ3) is 3.13. The summed E-state index contributed by atoms with van der Waals surface area (Å²) in [5.74, 6) is 1.43. The molecule has 28 heavy (non-hydrogen) atoms. The number of nitrogens with zero attached hydrogens (tertiary/aromatic N) is 2. The molecule has 0 aliphatic carbocycles. The molecule has 4 rings (SSSR count). The fourth-order valence-electron chi connectivity index (χ4n) is 3.43. The number of rotatable bonds is 3. The van der Waals surface area contributed by atoms with Crippen molar-refractivity contribution in [2.75, 3.05) is 12.0 Å². The van der Waals surface area contributed by atoms with Crippen LogP contribution in [-0.4, -0.2) is 7.11 Å². The molecular formula is C23H25N3O2. The molecular weight excluding hydrogens is 350 g/mol. The summed E-state index contributed by atoms with van der Waals surface area (Å²) in [6.07, 6.45) is 1.31. The second-order valence-electron chi connectivity index (χ2n) is 7.97. The summed E-state index contributed by atoms with van der Waals surface area (Å²) < 4.78 is 10.8. The largest absolute Gasteiger partial charge is 0.497 e. The molecule has 1 aliphatic rings. The minimum atomic E-state index is -0.315. The molecule has 2 aromatic carbocycles. The third-order valence-electron chi connectivity index (χ3n) is 5.09. The number of hydrogen-bond donors (Lipinski definition) is 1. The van der Waals surface area contributed by atoms with Crippen molar-refractivity contribution in [1.29, 1.82) is 0 Å². The molecule has 0 amide bonds. The first-order valence-electron chi connectivity index (χ1n) is 9.33. The molecule has 0 saturated heterocycles. The number of nitrogens with two attached hydrogens (primary N) is 1. The Hall–Kier alpha value is -3.21. The number of methoxy groups -OCH3 is 1. The quantitative estimate of drug-likeness (QED) is 0.762. The van der Waals surface area contributed by atoms with Crippen LogP contribution in [-0.2, 0) is 5.41 Å². The molecule has 0 bridgehead atoms. The molecule has 0 saturated carbocycles. The van der Waals surface area contributed by atoms with Gasteiger partial charge in [-0.1, -0.05) is 45.0 Å². The van der Waals surface area contributed by atoms with Crippen LogP contribution in [0.5, 0.6) is 5.75 Å². The summed E-state index contributed by atoms with van der Waals surface area (Å²) in [6.45, 7) is 6.61. The van der Waals surface area contributed by atoms with Crippen LogP contribution < -0.4 is 26.1 Å². The summed E-state index contributed by atoms with van der Waals surface area (Å²) in [4.78, 5) is 6.88. The minimum Gasteiger partial charge on any atom is -0.497 e. The highest BCUT2D eigenvalue weighted by Crippen LogP contribution is 2.34. The Morgan fingerprint density at radius 2 is 1.68 bits per heavy atom. The monoisotopic (exact) mass is 375 g/mol. The SMILES string of the molecule is COc1ccc(C2N=c3occc3=C(N)N2c2ccc(C(C)(C)C)cc2)cc1. The fraction of sp³-hybridized carbons (Fsp3) is 0.261. The van der Waals surface area contributed by atoms with E-state index in [4.69, 9.17) is 19.9 Å². The number of anilines is 1. The van der Waals surface area contributed by atoms with Gasteiger partial charge in [-0.25, -0.2) is 4.99 Å². The molecule has 1 unspecified atom stereocenters. The molecule has 5 heteroatoms. The molecule has 144 valence electrons. The third-order valence-corrected chi connectivity index (χ3v) is 5.09. The average molecular weight is 375 g/mol. The Labute approximate surface area is 164 Å². The molecule has 1 aromatic heterocycles. The van der Waals surface area contributed by atoms with Crippen molar-refractivity contribution in [1.82, 2.24) is 0 Å². The summed E-state index contributed by atoms with van der Waals surface area (Å²) in [5, 5.41) is 0.810. The highest BCUT2D eigenvalue weighted by atomic mass is 16.5. The standard InChI is InChI=1S/C23H25N3O2/c1-23(2,3)16-7-9-17(10-8-16)26-20(24)19-13-14-28-22(19)25-21(26)15-5-11-18(27-4)12-6-15/h5-14,21H,24H2,1-4H3. The van der Waals surface area contributed by atoms with Crippen LogP contribution in [0.2, 0.25) is 0 Å². The van der Waals surface area contributed by atoms with Gasteiger partial charge in [0.05, 0.1) is 18.6 Å². The first-order valence-corrected chi connectivity index (χ1v) is 9.33. The number of furan rings is 1.